The number of hydrogen-bond acceptors (Lipinski definition) is 3. The Morgan fingerprint density at radius 2 is 1.71 bits per heavy atom. The fourth-order valence-electron chi connectivity index (χ4n) is 2.54. The summed E-state index contributed by atoms with van der Waals surface area (Å²) in [5.41, 5.74) is -2.57. The Balaban J connectivity index is 0.00000190. The van der Waals surface area contributed by atoms with Crippen molar-refractivity contribution in [3.05, 3.63) is 29.3 Å². The monoisotopic (exact) mass is 409 g/mol. The summed E-state index contributed by atoms with van der Waals surface area (Å²) in [6.45, 7) is 6.67. The number of halogens is 5. The first-order valence-electron chi connectivity index (χ1n) is 8.81. The lowest BCUT2D eigenvalue weighted by Gasteiger charge is -2.32. The summed E-state index contributed by atoms with van der Waals surface area (Å²) in [5.74, 6) is -4.60. The largest absolute Gasteiger partial charge is 0.416 e. The van der Waals surface area contributed by atoms with Crippen LogP contribution < -0.4 is 10.6 Å². The molecule has 0 aromatic heterocycles. The minimum Gasteiger partial charge on any atom is -0.329 e. The molecule has 5 nitrogen and oxygen atoms in total. The van der Waals surface area contributed by atoms with Crippen molar-refractivity contribution in [1.29, 1.82) is 0 Å². The summed E-state index contributed by atoms with van der Waals surface area (Å²) in [4.78, 5) is 25.4. The summed E-state index contributed by atoms with van der Waals surface area (Å²) in [6.07, 6.45) is -4.85. The molecule has 1 aromatic rings. The number of carbonyl (C=O) groups is 2. The van der Waals surface area contributed by atoms with E-state index in [2.05, 4.69) is 10.6 Å². The van der Waals surface area contributed by atoms with Crippen LogP contribution in [0.3, 0.4) is 0 Å². The molecule has 1 aromatic carbocycles. The lowest BCUT2D eigenvalue weighted by molar-refractivity contribution is -0.138. The topological polar surface area (TPSA) is 61.4 Å². The Hall–Kier alpha value is -2.23. The van der Waals surface area contributed by atoms with E-state index in [1.807, 2.05) is 13.8 Å². The van der Waals surface area contributed by atoms with Gasteiger partial charge in [0.2, 0.25) is 11.8 Å². The van der Waals surface area contributed by atoms with E-state index < -0.39 is 40.9 Å². The van der Waals surface area contributed by atoms with Gasteiger partial charge in [-0.15, -0.1) is 0 Å². The minimum absolute atomic E-state index is 0.0490. The molecule has 0 aliphatic carbocycles. The van der Waals surface area contributed by atoms with Gasteiger partial charge in [0.25, 0.3) is 5.92 Å². The molecule has 1 saturated heterocycles. The molecule has 1 fully saturated rings. The van der Waals surface area contributed by atoms with Gasteiger partial charge in [0.15, 0.2) is 0 Å². The predicted molar refractivity (Wildman–Crippen MR) is 95.0 cm³/mol. The normalized spacial score (nSPS) is 16.2. The maximum atomic E-state index is 13.5. The quantitative estimate of drug-likeness (QED) is 0.747. The summed E-state index contributed by atoms with van der Waals surface area (Å²) in [7, 11) is 0. The van der Waals surface area contributed by atoms with Crippen molar-refractivity contribution in [2.75, 3.05) is 25.0 Å². The molecular formula is C18H24F5N3O2. The van der Waals surface area contributed by atoms with E-state index in [0.29, 0.717) is 25.6 Å². The van der Waals surface area contributed by atoms with E-state index in [4.69, 9.17) is 0 Å². The van der Waals surface area contributed by atoms with E-state index in [0.717, 1.165) is 6.07 Å². The Morgan fingerprint density at radius 1 is 1.14 bits per heavy atom. The third-order valence-electron chi connectivity index (χ3n) is 4.01. The van der Waals surface area contributed by atoms with E-state index >= 15 is 0 Å². The Labute approximate surface area is 160 Å². The highest BCUT2D eigenvalue weighted by Crippen LogP contribution is 2.36. The van der Waals surface area contributed by atoms with Crippen LogP contribution in [0, 0.1) is 0 Å². The summed E-state index contributed by atoms with van der Waals surface area (Å²) in [5, 5.41) is 5.02. The average molecular weight is 409 g/mol. The summed E-state index contributed by atoms with van der Waals surface area (Å²) in [6, 6.07) is 0.766. The molecule has 0 bridgehead atoms. The lowest BCUT2D eigenvalue weighted by atomic mass is 10.0. The van der Waals surface area contributed by atoms with Crippen LogP contribution in [0.4, 0.5) is 27.6 Å². The predicted octanol–water partition coefficient (Wildman–Crippen LogP) is 3.60. The van der Waals surface area contributed by atoms with Crippen molar-refractivity contribution in [2.45, 2.75) is 45.8 Å². The highest BCUT2D eigenvalue weighted by atomic mass is 19.4. The molecule has 0 radical (unpaired) electrons. The van der Waals surface area contributed by atoms with E-state index in [-0.39, 0.29) is 19.0 Å². The van der Waals surface area contributed by atoms with E-state index in [1.165, 1.54) is 11.8 Å². The van der Waals surface area contributed by atoms with Gasteiger partial charge in [0.05, 0.1) is 12.1 Å². The number of alkyl halides is 5. The second-order valence-corrected chi connectivity index (χ2v) is 6.11. The van der Waals surface area contributed by atoms with Crippen LogP contribution in [-0.2, 0) is 21.7 Å². The van der Waals surface area contributed by atoms with Gasteiger partial charge in [-0.05, 0) is 25.1 Å². The number of nitrogens with zero attached hydrogens (tertiary/aromatic N) is 1. The third kappa shape index (κ3) is 6.15. The molecule has 1 aliphatic rings. The van der Waals surface area contributed by atoms with Crippen molar-refractivity contribution in [2.24, 2.45) is 0 Å². The molecule has 1 heterocycles. The molecule has 1 unspecified atom stereocenters. The van der Waals surface area contributed by atoms with Crippen molar-refractivity contribution < 1.29 is 31.5 Å². The number of piperazine rings is 1. The van der Waals surface area contributed by atoms with Crippen molar-refractivity contribution in [3.8, 4) is 0 Å². The van der Waals surface area contributed by atoms with Crippen LogP contribution >= 0.6 is 0 Å². The Kier molecular flexibility index (Phi) is 7.92. The van der Waals surface area contributed by atoms with Gasteiger partial charge in [-0.2, -0.15) is 13.2 Å². The van der Waals surface area contributed by atoms with Gasteiger partial charge in [0, 0.05) is 31.3 Å². The van der Waals surface area contributed by atoms with Gasteiger partial charge in [-0.1, -0.05) is 13.8 Å². The maximum absolute atomic E-state index is 13.5. The minimum atomic E-state index is -4.85. The molecule has 2 amide bonds. The maximum Gasteiger partial charge on any atom is 0.416 e. The highest BCUT2D eigenvalue weighted by Gasteiger charge is 2.35. The Morgan fingerprint density at radius 3 is 2.21 bits per heavy atom. The molecule has 1 aliphatic heterocycles. The number of benzene rings is 1. The molecule has 1 atom stereocenters. The van der Waals surface area contributed by atoms with Gasteiger partial charge in [0.1, 0.15) is 6.04 Å². The van der Waals surface area contributed by atoms with Crippen LogP contribution in [0.15, 0.2) is 18.2 Å². The zero-order chi connectivity index (χ0) is 21.7. The molecule has 0 spiro atoms. The van der Waals surface area contributed by atoms with Crippen LogP contribution in [0.1, 0.15) is 38.8 Å². The van der Waals surface area contributed by atoms with Gasteiger partial charge in [-0.25, -0.2) is 8.78 Å². The highest BCUT2D eigenvalue weighted by molar-refractivity contribution is 5.97. The Bertz CT molecular complexity index is 669. The molecule has 28 heavy (non-hydrogen) atoms. The second kappa shape index (κ2) is 9.31. The molecule has 10 heteroatoms. The standard InChI is InChI=1S/C16H18F5N3O2.C2H6/c1-9(24-4-3-22-8-13(24)25)14(26)23-12-6-10(15(2,17)18)5-11(7-12)16(19,20)21;1-2/h5-7,9,22H,3-4,8H2,1-2H3,(H,23,26);1-2H3. The lowest BCUT2D eigenvalue weighted by Crippen LogP contribution is -2.54. The van der Waals surface area contributed by atoms with Crippen LogP contribution in [0.5, 0.6) is 0 Å². The van der Waals surface area contributed by atoms with Crippen LogP contribution in [-0.4, -0.2) is 42.4 Å². The molecule has 0 saturated carbocycles. The SMILES string of the molecule is CC.CC(C(=O)Nc1cc(C(C)(F)F)cc(C(F)(F)F)c1)N1CCNCC1=O. The molecule has 2 rings (SSSR count). The van der Waals surface area contributed by atoms with E-state index in [9.17, 15) is 31.5 Å². The number of nitrogens with one attached hydrogen (secondary N) is 2. The molecular weight excluding hydrogens is 385 g/mol. The van der Waals surface area contributed by atoms with E-state index in [1.54, 1.807) is 0 Å². The molecule has 2 N–H and O–H groups in total. The number of rotatable bonds is 4. The first-order chi connectivity index (χ1) is 12.9. The van der Waals surface area contributed by atoms with Crippen molar-refractivity contribution >= 4 is 17.5 Å². The zero-order valence-corrected chi connectivity index (χ0v) is 16.1. The second-order valence-electron chi connectivity index (χ2n) is 6.11. The van der Waals surface area contributed by atoms with Crippen molar-refractivity contribution in [1.82, 2.24) is 10.2 Å². The number of amides is 2. The van der Waals surface area contributed by atoms with Gasteiger partial charge in [-0.3, -0.25) is 9.59 Å². The fourth-order valence-corrected chi connectivity index (χ4v) is 2.54. The summed E-state index contributed by atoms with van der Waals surface area (Å²) >= 11 is 0. The third-order valence-corrected chi connectivity index (χ3v) is 4.01. The molecule has 158 valence electrons. The van der Waals surface area contributed by atoms with Crippen molar-refractivity contribution in [3.63, 3.8) is 0 Å². The fraction of sp³-hybridized carbons (Fsp3) is 0.556. The first kappa shape index (κ1) is 23.8. The number of hydrogen-bond donors (Lipinski definition) is 2. The summed E-state index contributed by atoms with van der Waals surface area (Å²) < 4.78 is 65.9. The number of anilines is 1. The van der Waals surface area contributed by atoms with Gasteiger partial charge < -0.3 is 15.5 Å². The van der Waals surface area contributed by atoms with Gasteiger partial charge >= 0.3 is 6.18 Å². The van der Waals surface area contributed by atoms with Crippen LogP contribution in [0.25, 0.3) is 0 Å². The first-order valence-corrected chi connectivity index (χ1v) is 8.81. The van der Waals surface area contributed by atoms with Crippen LogP contribution in [0.2, 0.25) is 0 Å². The zero-order valence-electron chi connectivity index (χ0n) is 16.1. The average Bonchev–Trinajstić information content (AvgIpc) is 2.61. The number of carbonyl (C=O) groups excluding carboxylic acids is 2. The smallest absolute Gasteiger partial charge is 0.329 e.